The first-order valence-corrected chi connectivity index (χ1v) is 6.94. The minimum absolute atomic E-state index is 0.603. The number of hydrogen-bond acceptors (Lipinski definition) is 5. The number of fused-ring (bicyclic) bond motifs is 1. The number of nitrogens with zero attached hydrogens (tertiary/aromatic N) is 2. The summed E-state index contributed by atoms with van der Waals surface area (Å²) in [5.74, 6) is 1.35. The van der Waals surface area contributed by atoms with E-state index in [4.69, 9.17) is 4.52 Å². The summed E-state index contributed by atoms with van der Waals surface area (Å²) in [5.41, 5.74) is 1.46. The average molecular weight is 261 g/mol. The zero-order chi connectivity index (χ0) is 12.4. The summed E-state index contributed by atoms with van der Waals surface area (Å²) >= 11 is 1.95. The molecule has 2 heterocycles. The Morgan fingerprint density at radius 2 is 2.33 bits per heavy atom. The molecule has 0 saturated carbocycles. The molecule has 5 heteroatoms. The highest BCUT2D eigenvalue weighted by atomic mass is 32.2. The lowest BCUT2D eigenvalue weighted by atomic mass is 10.1. The number of thioether (sulfide) groups is 1. The second kappa shape index (κ2) is 5.12. The monoisotopic (exact) mass is 261 g/mol. The third kappa shape index (κ3) is 2.57. The molecule has 1 N–H and O–H groups in total. The summed E-state index contributed by atoms with van der Waals surface area (Å²) < 4.78 is 5.06. The highest BCUT2D eigenvalue weighted by Gasteiger charge is 2.21. The molecule has 0 saturated heterocycles. The van der Waals surface area contributed by atoms with E-state index in [9.17, 15) is 0 Å². The third-order valence-electron chi connectivity index (χ3n) is 2.93. The lowest BCUT2D eigenvalue weighted by molar-refractivity contribution is 0.364. The minimum Gasteiger partial charge on any atom is -0.338 e. The van der Waals surface area contributed by atoms with Crippen LogP contribution in [0.2, 0.25) is 0 Å². The molecule has 1 aliphatic heterocycles. The summed E-state index contributed by atoms with van der Waals surface area (Å²) in [6.07, 6.45) is 1.14. The van der Waals surface area contributed by atoms with Crippen LogP contribution in [0.3, 0.4) is 0 Å². The van der Waals surface area contributed by atoms with E-state index in [2.05, 4.69) is 39.7 Å². The van der Waals surface area contributed by atoms with Crippen LogP contribution in [0.5, 0.6) is 0 Å². The van der Waals surface area contributed by atoms with Crippen LogP contribution in [0, 0.1) is 6.92 Å². The van der Waals surface area contributed by atoms with Crippen molar-refractivity contribution in [3.8, 4) is 0 Å². The van der Waals surface area contributed by atoms with E-state index in [1.807, 2.05) is 18.7 Å². The highest BCUT2D eigenvalue weighted by molar-refractivity contribution is 8.00. The molecule has 0 fully saturated rings. The number of aryl methyl sites for hydroxylation is 1. The van der Waals surface area contributed by atoms with E-state index >= 15 is 0 Å². The van der Waals surface area contributed by atoms with Gasteiger partial charge in [0, 0.05) is 16.7 Å². The molecule has 2 aromatic rings. The maximum absolute atomic E-state index is 5.06. The molecular formula is C13H15N3OS. The van der Waals surface area contributed by atoms with Crippen LogP contribution in [-0.2, 0) is 13.0 Å². The number of aromatic nitrogens is 2. The fourth-order valence-corrected chi connectivity index (χ4v) is 3.40. The molecule has 1 aromatic carbocycles. The van der Waals surface area contributed by atoms with Crippen LogP contribution in [0.4, 0.5) is 0 Å². The first-order chi connectivity index (χ1) is 8.81. The molecule has 94 valence electrons. The largest absolute Gasteiger partial charge is 0.338 e. The molecule has 0 spiro atoms. The Bertz CT molecular complexity index is 516. The van der Waals surface area contributed by atoms with Gasteiger partial charge in [0.25, 0.3) is 0 Å². The highest BCUT2D eigenvalue weighted by Crippen LogP contribution is 2.36. The fourth-order valence-electron chi connectivity index (χ4n) is 2.12. The molecule has 3 rings (SSSR count). The van der Waals surface area contributed by atoms with Gasteiger partial charge >= 0.3 is 0 Å². The Kier molecular flexibility index (Phi) is 3.34. The smallest absolute Gasteiger partial charge is 0.240 e. The first-order valence-electron chi connectivity index (χ1n) is 6.06. The maximum Gasteiger partial charge on any atom is 0.240 e. The third-order valence-corrected chi connectivity index (χ3v) is 4.25. The van der Waals surface area contributed by atoms with Crippen molar-refractivity contribution in [2.45, 2.75) is 30.0 Å². The number of nitrogens with one attached hydrogen (secondary N) is 1. The SMILES string of the molecule is Cc1noc(CNCC2Cc3ccccc3S2)n1. The summed E-state index contributed by atoms with van der Waals surface area (Å²) in [6.45, 7) is 3.44. The van der Waals surface area contributed by atoms with E-state index in [1.165, 1.54) is 10.5 Å². The molecule has 1 aliphatic rings. The predicted octanol–water partition coefficient (Wildman–Crippen LogP) is 2.18. The van der Waals surface area contributed by atoms with Gasteiger partial charge in [-0.25, -0.2) is 0 Å². The predicted molar refractivity (Wildman–Crippen MR) is 70.5 cm³/mol. The molecule has 0 radical (unpaired) electrons. The van der Waals surface area contributed by atoms with Gasteiger partial charge in [-0.15, -0.1) is 11.8 Å². The second-order valence-corrected chi connectivity index (χ2v) is 5.76. The second-order valence-electron chi connectivity index (χ2n) is 4.42. The van der Waals surface area contributed by atoms with E-state index in [1.54, 1.807) is 0 Å². The molecule has 0 bridgehead atoms. The first kappa shape index (κ1) is 11.7. The molecule has 4 nitrogen and oxygen atoms in total. The lowest BCUT2D eigenvalue weighted by Gasteiger charge is -2.08. The van der Waals surface area contributed by atoms with Gasteiger partial charge in [-0.3, -0.25) is 0 Å². The molecule has 1 aromatic heterocycles. The van der Waals surface area contributed by atoms with Gasteiger partial charge in [-0.1, -0.05) is 23.4 Å². The van der Waals surface area contributed by atoms with E-state index in [0.29, 0.717) is 23.5 Å². The molecular weight excluding hydrogens is 246 g/mol. The molecule has 18 heavy (non-hydrogen) atoms. The van der Waals surface area contributed by atoms with Gasteiger partial charge in [0.2, 0.25) is 5.89 Å². The zero-order valence-electron chi connectivity index (χ0n) is 10.2. The lowest BCUT2D eigenvalue weighted by Crippen LogP contribution is -2.24. The van der Waals surface area contributed by atoms with E-state index in [-0.39, 0.29) is 0 Å². The number of hydrogen-bond donors (Lipinski definition) is 1. The van der Waals surface area contributed by atoms with Crippen molar-refractivity contribution in [3.63, 3.8) is 0 Å². The van der Waals surface area contributed by atoms with Crippen LogP contribution in [0.1, 0.15) is 17.3 Å². The van der Waals surface area contributed by atoms with Crippen LogP contribution >= 0.6 is 11.8 Å². The van der Waals surface area contributed by atoms with Crippen molar-refractivity contribution < 1.29 is 4.52 Å². The normalized spacial score (nSPS) is 17.9. The standard InChI is InChI=1S/C13H15N3OS/c1-9-15-13(17-16-9)8-14-7-11-6-10-4-2-3-5-12(10)18-11/h2-5,11,14H,6-8H2,1H3. The van der Waals surface area contributed by atoms with Crippen LogP contribution in [-0.4, -0.2) is 21.9 Å². The molecule has 1 unspecified atom stereocenters. The van der Waals surface area contributed by atoms with Gasteiger partial charge in [0.15, 0.2) is 5.82 Å². The molecule has 1 atom stereocenters. The van der Waals surface area contributed by atoms with Gasteiger partial charge in [-0.2, -0.15) is 4.98 Å². The summed E-state index contributed by atoms with van der Waals surface area (Å²) in [6, 6.07) is 8.62. The van der Waals surface area contributed by atoms with Crippen molar-refractivity contribution in [2.75, 3.05) is 6.54 Å². The fraction of sp³-hybridized carbons (Fsp3) is 0.385. The molecule has 0 aliphatic carbocycles. The van der Waals surface area contributed by atoms with Crippen molar-refractivity contribution in [1.29, 1.82) is 0 Å². The Morgan fingerprint density at radius 1 is 1.44 bits per heavy atom. The van der Waals surface area contributed by atoms with Crippen molar-refractivity contribution in [2.24, 2.45) is 0 Å². The van der Waals surface area contributed by atoms with Crippen LogP contribution < -0.4 is 5.32 Å². The van der Waals surface area contributed by atoms with Gasteiger partial charge in [-0.05, 0) is 25.0 Å². The van der Waals surface area contributed by atoms with Crippen LogP contribution in [0.15, 0.2) is 33.7 Å². The Hall–Kier alpha value is -1.33. The summed E-state index contributed by atoms with van der Waals surface area (Å²) in [5, 5.41) is 7.75. The Balaban J connectivity index is 1.48. The van der Waals surface area contributed by atoms with Crippen LogP contribution in [0.25, 0.3) is 0 Å². The van der Waals surface area contributed by atoms with Crippen molar-refractivity contribution in [3.05, 3.63) is 41.5 Å². The molecule has 0 amide bonds. The maximum atomic E-state index is 5.06. The van der Waals surface area contributed by atoms with E-state index in [0.717, 1.165) is 13.0 Å². The zero-order valence-corrected chi connectivity index (χ0v) is 11.0. The van der Waals surface area contributed by atoms with Gasteiger partial charge in [0.1, 0.15) is 0 Å². The topological polar surface area (TPSA) is 51.0 Å². The van der Waals surface area contributed by atoms with Gasteiger partial charge in [0.05, 0.1) is 6.54 Å². The average Bonchev–Trinajstić information content (AvgIpc) is 2.95. The van der Waals surface area contributed by atoms with Crippen molar-refractivity contribution in [1.82, 2.24) is 15.5 Å². The van der Waals surface area contributed by atoms with Crippen molar-refractivity contribution >= 4 is 11.8 Å². The Labute approximate surface area is 110 Å². The summed E-state index contributed by atoms with van der Waals surface area (Å²) in [7, 11) is 0. The minimum atomic E-state index is 0.603. The quantitative estimate of drug-likeness (QED) is 0.914. The number of benzene rings is 1. The van der Waals surface area contributed by atoms with E-state index < -0.39 is 0 Å². The Morgan fingerprint density at radius 3 is 3.11 bits per heavy atom. The number of rotatable bonds is 4. The summed E-state index contributed by atoms with van der Waals surface area (Å²) in [4.78, 5) is 5.58. The van der Waals surface area contributed by atoms with Gasteiger partial charge < -0.3 is 9.84 Å².